The second kappa shape index (κ2) is 5.90. The second-order valence-corrected chi connectivity index (χ2v) is 6.48. The zero-order valence-corrected chi connectivity index (χ0v) is 12.0. The first-order chi connectivity index (χ1) is 9.03. The molecule has 0 spiro atoms. The van der Waals surface area contributed by atoms with E-state index in [1.165, 1.54) is 0 Å². The summed E-state index contributed by atoms with van der Waals surface area (Å²) in [6.07, 6.45) is 0.907. The molecule has 1 N–H and O–H groups in total. The van der Waals surface area contributed by atoms with Gasteiger partial charge in [0.25, 0.3) is 0 Å². The SMILES string of the molecule is COc1ccc(S(=O)(=O)NCC2CCOC2)cc1C. The Labute approximate surface area is 114 Å². The number of hydrogen-bond donors (Lipinski definition) is 1. The van der Waals surface area contributed by atoms with Crippen molar-refractivity contribution < 1.29 is 17.9 Å². The van der Waals surface area contributed by atoms with Gasteiger partial charge in [0.15, 0.2) is 0 Å². The Balaban J connectivity index is 2.08. The normalized spacial score (nSPS) is 19.6. The molecule has 0 saturated carbocycles. The highest BCUT2D eigenvalue weighted by Crippen LogP contribution is 2.21. The van der Waals surface area contributed by atoms with E-state index < -0.39 is 10.0 Å². The first-order valence-corrected chi connectivity index (χ1v) is 7.73. The lowest BCUT2D eigenvalue weighted by atomic mass is 10.1. The van der Waals surface area contributed by atoms with E-state index in [1.807, 2.05) is 6.92 Å². The largest absolute Gasteiger partial charge is 0.496 e. The molecule has 106 valence electrons. The predicted octanol–water partition coefficient (Wildman–Crippen LogP) is 1.32. The van der Waals surface area contributed by atoms with Crippen molar-refractivity contribution in [3.05, 3.63) is 23.8 Å². The zero-order chi connectivity index (χ0) is 13.9. The molecule has 0 radical (unpaired) electrons. The van der Waals surface area contributed by atoms with E-state index >= 15 is 0 Å². The van der Waals surface area contributed by atoms with Gasteiger partial charge in [-0.05, 0) is 43.0 Å². The molecule has 1 aromatic rings. The molecule has 1 unspecified atom stereocenters. The van der Waals surface area contributed by atoms with Crippen LogP contribution in [0, 0.1) is 12.8 Å². The maximum Gasteiger partial charge on any atom is 0.240 e. The Hall–Kier alpha value is -1.11. The van der Waals surface area contributed by atoms with Crippen LogP contribution in [-0.2, 0) is 14.8 Å². The summed E-state index contributed by atoms with van der Waals surface area (Å²) in [5.74, 6) is 0.956. The Morgan fingerprint density at radius 2 is 2.26 bits per heavy atom. The van der Waals surface area contributed by atoms with Crippen LogP contribution in [0.3, 0.4) is 0 Å². The number of nitrogens with one attached hydrogen (secondary N) is 1. The predicted molar refractivity (Wildman–Crippen MR) is 71.8 cm³/mol. The van der Waals surface area contributed by atoms with Crippen molar-refractivity contribution in [1.29, 1.82) is 0 Å². The molecule has 0 bridgehead atoms. The van der Waals surface area contributed by atoms with Crippen LogP contribution < -0.4 is 9.46 Å². The van der Waals surface area contributed by atoms with E-state index in [-0.39, 0.29) is 10.8 Å². The number of benzene rings is 1. The fourth-order valence-electron chi connectivity index (χ4n) is 2.07. The highest BCUT2D eigenvalue weighted by Gasteiger charge is 2.20. The van der Waals surface area contributed by atoms with Crippen LogP contribution >= 0.6 is 0 Å². The summed E-state index contributed by atoms with van der Waals surface area (Å²) in [5.41, 5.74) is 0.801. The summed E-state index contributed by atoms with van der Waals surface area (Å²) in [6.45, 7) is 3.59. The minimum atomic E-state index is -3.46. The Kier molecular flexibility index (Phi) is 4.44. The number of sulfonamides is 1. The van der Waals surface area contributed by atoms with Crippen LogP contribution in [0.5, 0.6) is 5.75 Å². The van der Waals surface area contributed by atoms with Crippen LogP contribution in [0.2, 0.25) is 0 Å². The summed E-state index contributed by atoms with van der Waals surface area (Å²) < 4.78 is 37.3. The third kappa shape index (κ3) is 3.46. The molecule has 0 aliphatic carbocycles. The van der Waals surface area contributed by atoms with E-state index in [0.717, 1.165) is 12.0 Å². The minimum Gasteiger partial charge on any atom is -0.496 e. The monoisotopic (exact) mass is 285 g/mol. The molecule has 5 nitrogen and oxygen atoms in total. The van der Waals surface area contributed by atoms with Gasteiger partial charge in [0, 0.05) is 13.2 Å². The average Bonchev–Trinajstić information content (AvgIpc) is 2.89. The fourth-order valence-corrected chi connectivity index (χ4v) is 3.27. The molecule has 19 heavy (non-hydrogen) atoms. The van der Waals surface area contributed by atoms with Gasteiger partial charge in [-0.1, -0.05) is 0 Å². The summed E-state index contributed by atoms with van der Waals surface area (Å²) in [5, 5.41) is 0. The molecule has 0 aromatic heterocycles. The highest BCUT2D eigenvalue weighted by molar-refractivity contribution is 7.89. The van der Waals surface area contributed by atoms with Gasteiger partial charge >= 0.3 is 0 Å². The summed E-state index contributed by atoms with van der Waals surface area (Å²) in [6, 6.07) is 4.84. The molecule has 6 heteroatoms. The summed E-state index contributed by atoms with van der Waals surface area (Å²) in [7, 11) is -1.89. The van der Waals surface area contributed by atoms with Crippen molar-refractivity contribution >= 4 is 10.0 Å². The lowest BCUT2D eigenvalue weighted by Crippen LogP contribution is -2.29. The molecule has 1 saturated heterocycles. The van der Waals surface area contributed by atoms with E-state index in [2.05, 4.69) is 4.72 Å². The van der Waals surface area contributed by atoms with Gasteiger partial charge in [0.05, 0.1) is 18.6 Å². The Bertz CT molecular complexity index is 536. The number of hydrogen-bond acceptors (Lipinski definition) is 4. The van der Waals surface area contributed by atoms with Crippen LogP contribution in [-0.4, -0.2) is 35.3 Å². The molecular weight excluding hydrogens is 266 g/mol. The minimum absolute atomic E-state index is 0.268. The van der Waals surface area contributed by atoms with Crippen molar-refractivity contribution in [3.8, 4) is 5.75 Å². The standard InChI is InChI=1S/C13H19NO4S/c1-10-7-12(3-4-13(10)17-2)19(15,16)14-8-11-5-6-18-9-11/h3-4,7,11,14H,5-6,8-9H2,1-2H3. The van der Waals surface area contributed by atoms with E-state index in [4.69, 9.17) is 9.47 Å². The third-order valence-electron chi connectivity index (χ3n) is 3.26. The number of aryl methyl sites for hydroxylation is 1. The number of methoxy groups -OCH3 is 1. The first kappa shape index (κ1) is 14.3. The molecule has 1 atom stereocenters. The zero-order valence-electron chi connectivity index (χ0n) is 11.2. The summed E-state index contributed by atoms with van der Waals surface area (Å²) in [4.78, 5) is 0.268. The number of rotatable bonds is 5. The summed E-state index contributed by atoms with van der Waals surface area (Å²) >= 11 is 0. The van der Waals surface area contributed by atoms with Crippen molar-refractivity contribution in [1.82, 2.24) is 4.72 Å². The van der Waals surface area contributed by atoms with Crippen LogP contribution in [0.1, 0.15) is 12.0 Å². The van der Waals surface area contributed by atoms with Crippen LogP contribution in [0.25, 0.3) is 0 Å². The van der Waals surface area contributed by atoms with Gasteiger partial charge in [-0.2, -0.15) is 0 Å². The smallest absolute Gasteiger partial charge is 0.240 e. The van der Waals surface area contributed by atoms with Gasteiger partial charge in [0.2, 0.25) is 10.0 Å². The van der Waals surface area contributed by atoms with Crippen LogP contribution in [0.15, 0.2) is 23.1 Å². The van der Waals surface area contributed by atoms with Crippen molar-refractivity contribution in [3.63, 3.8) is 0 Å². The first-order valence-electron chi connectivity index (χ1n) is 6.25. The quantitative estimate of drug-likeness (QED) is 0.886. The van der Waals surface area contributed by atoms with Gasteiger partial charge in [-0.15, -0.1) is 0 Å². The topological polar surface area (TPSA) is 64.6 Å². The highest BCUT2D eigenvalue weighted by atomic mass is 32.2. The second-order valence-electron chi connectivity index (χ2n) is 4.71. The van der Waals surface area contributed by atoms with E-state index in [9.17, 15) is 8.42 Å². The van der Waals surface area contributed by atoms with Crippen molar-refractivity contribution in [2.24, 2.45) is 5.92 Å². The maximum absolute atomic E-state index is 12.1. The van der Waals surface area contributed by atoms with Gasteiger partial charge in [0.1, 0.15) is 5.75 Å². The Morgan fingerprint density at radius 3 is 2.84 bits per heavy atom. The molecule has 1 fully saturated rings. The van der Waals surface area contributed by atoms with E-state index in [1.54, 1.807) is 25.3 Å². The van der Waals surface area contributed by atoms with Crippen molar-refractivity contribution in [2.75, 3.05) is 26.9 Å². The van der Waals surface area contributed by atoms with Gasteiger partial charge in [-0.25, -0.2) is 13.1 Å². The third-order valence-corrected chi connectivity index (χ3v) is 4.68. The average molecular weight is 285 g/mol. The molecule has 1 aliphatic heterocycles. The van der Waals surface area contributed by atoms with Gasteiger partial charge in [-0.3, -0.25) is 0 Å². The Morgan fingerprint density at radius 1 is 1.47 bits per heavy atom. The molecule has 1 aromatic carbocycles. The maximum atomic E-state index is 12.1. The fraction of sp³-hybridized carbons (Fsp3) is 0.538. The number of ether oxygens (including phenoxy) is 2. The van der Waals surface area contributed by atoms with Crippen molar-refractivity contribution in [2.45, 2.75) is 18.2 Å². The lowest BCUT2D eigenvalue weighted by molar-refractivity contribution is 0.186. The van der Waals surface area contributed by atoms with Crippen LogP contribution in [0.4, 0.5) is 0 Å². The van der Waals surface area contributed by atoms with E-state index in [0.29, 0.717) is 25.5 Å². The molecule has 2 rings (SSSR count). The van der Waals surface area contributed by atoms with Gasteiger partial charge < -0.3 is 9.47 Å². The molecule has 1 heterocycles. The lowest BCUT2D eigenvalue weighted by Gasteiger charge is -2.12. The molecule has 0 amide bonds. The molecule has 1 aliphatic rings. The molecular formula is C13H19NO4S.